The number of esters is 1. The third-order valence-electron chi connectivity index (χ3n) is 4.64. The number of hydrogen-bond donors (Lipinski definition) is 3. The van der Waals surface area contributed by atoms with E-state index in [1.165, 1.54) is 18.8 Å². The van der Waals surface area contributed by atoms with Crippen molar-refractivity contribution in [3.05, 3.63) is 71.8 Å². The topological polar surface area (TPSA) is 108 Å². The molecule has 2 atom stereocenters. The van der Waals surface area contributed by atoms with Crippen LogP contribution in [0.3, 0.4) is 0 Å². The van der Waals surface area contributed by atoms with Crippen LogP contribution in [0.4, 0.5) is 0 Å². The Morgan fingerprint density at radius 1 is 1.06 bits per heavy atom. The Kier molecular flexibility index (Phi) is 10.2. The number of nitrogens with zero attached hydrogens (tertiary/aromatic N) is 1. The molecule has 1 amide bonds. The number of nitrogens with one attached hydrogen (secondary N) is 1. The molecule has 0 spiro atoms. The number of hydrogen-bond acceptors (Lipinski definition) is 7. The first-order valence-corrected chi connectivity index (χ1v) is 10.0. The molecule has 0 radical (unpaired) electrons. The van der Waals surface area contributed by atoms with E-state index in [0.717, 1.165) is 11.1 Å². The van der Waals surface area contributed by atoms with E-state index in [1.807, 2.05) is 60.7 Å². The zero-order chi connectivity index (χ0) is 22.6. The number of methoxy groups -OCH3 is 1. The van der Waals surface area contributed by atoms with Gasteiger partial charge in [0.1, 0.15) is 6.04 Å². The minimum atomic E-state index is -1.19. The molecule has 0 bridgehead atoms. The van der Waals surface area contributed by atoms with E-state index in [9.17, 15) is 19.7 Å². The van der Waals surface area contributed by atoms with Gasteiger partial charge in [-0.3, -0.25) is 4.79 Å². The monoisotopic (exact) mass is 428 g/mol. The van der Waals surface area contributed by atoms with Crippen LogP contribution in [-0.2, 0) is 32.2 Å². The standard InChI is InChI=1S/C22H29BN2O6/c1-23(29)24-19(16-31-15-18-11-7-4-8-12-18)21(27)25(20(14-26)22(28)30-2)13-17-9-5-3-6-10-17/h3-12,19-20,24,26,29H,13-16H2,1-2H3/t19-,20-/m1/s1. The van der Waals surface area contributed by atoms with Gasteiger partial charge in [-0.25, -0.2) is 4.79 Å². The van der Waals surface area contributed by atoms with Gasteiger partial charge in [-0.1, -0.05) is 60.7 Å². The number of aliphatic hydroxyl groups is 1. The average molecular weight is 428 g/mol. The summed E-state index contributed by atoms with van der Waals surface area (Å²) in [5, 5.41) is 22.4. The van der Waals surface area contributed by atoms with Crippen molar-refractivity contribution >= 4 is 18.9 Å². The largest absolute Gasteiger partial charge is 0.467 e. The lowest BCUT2D eigenvalue weighted by molar-refractivity contribution is -0.156. The highest BCUT2D eigenvalue weighted by atomic mass is 16.5. The molecule has 0 saturated carbocycles. The number of amides is 1. The predicted octanol–water partition coefficient (Wildman–Crippen LogP) is 0.834. The summed E-state index contributed by atoms with van der Waals surface area (Å²) in [5.74, 6) is -1.23. The Hall–Kier alpha value is -2.72. The van der Waals surface area contributed by atoms with E-state index in [-0.39, 0.29) is 19.8 Å². The molecule has 0 aromatic heterocycles. The third-order valence-corrected chi connectivity index (χ3v) is 4.64. The van der Waals surface area contributed by atoms with Crippen molar-refractivity contribution in [2.24, 2.45) is 0 Å². The fourth-order valence-corrected chi connectivity index (χ4v) is 3.11. The maximum atomic E-state index is 13.4. The second-order valence-corrected chi connectivity index (χ2v) is 7.07. The van der Waals surface area contributed by atoms with Crippen molar-refractivity contribution < 1.29 is 29.2 Å². The van der Waals surface area contributed by atoms with E-state index >= 15 is 0 Å². The van der Waals surface area contributed by atoms with Crippen molar-refractivity contribution in [2.75, 3.05) is 20.3 Å². The summed E-state index contributed by atoms with van der Waals surface area (Å²) >= 11 is 0. The Morgan fingerprint density at radius 2 is 1.65 bits per heavy atom. The average Bonchev–Trinajstić information content (AvgIpc) is 2.78. The highest BCUT2D eigenvalue weighted by molar-refractivity contribution is 6.46. The van der Waals surface area contributed by atoms with Crippen LogP contribution in [-0.4, -0.2) is 66.4 Å². The van der Waals surface area contributed by atoms with E-state index in [4.69, 9.17) is 9.47 Å². The molecule has 0 saturated heterocycles. The zero-order valence-corrected chi connectivity index (χ0v) is 17.8. The molecule has 0 fully saturated rings. The minimum Gasteiger partial charge on any atom is -0.467 e. The number of ether oxygens (including phenoxy) is 2. The van der Waals surface area contributed by atoms with Crippen molar-refractivity contribution in [3.63, 3.8) is 0 Å². The zero-order valence-electron chi connectivity index (χ0n) is 17.8. The van der Waals surface area contributed by atoms with Gasteiger partial charge in [-0.15, -0.1) is 0 Å². The quantitative estimate of drug-likeness (QED) is 0.340. The molecule has 0 aliphatic carbocycles. The fraction of sp³-hybridized carbons (Fsp3) is 0.364. The summed E-state index contributed by atoms with van der Waals surface area (Å²) in [6, 6.07) is 16.5. The van der Waals surface area contributed by atoms with E-state index in [2.05, 4.69) is 5.23 Å². The SMILES string of the molecule is COC(=O)[C@@H](CO)N(Cc1ccccc1)C(=O)[C@@H](COCc1ccccc1)NB(C)O. The van der Waals surface area contributed by atoms with Crippen LogP contribution >= 0.6 is 0 Å². The molecule has 0 unspecified atom stereocenters. The van der Waals surface area contributed by atoms with Crippen LogP contribution in [0, 0.1) is 0 Å². The third kappa shape index (κ3) is 7.80. The van der Waals surface area contributed by atoms with Crippen molar-refractivity contribution in [1.29, 1.82) is 0 Å². The number of rotatable bonds is 12. The van der Waals surface area contributed by atoms with Crippen molar-refractivity contribution in [1.82, 2.24) is 10.1 Å². The molecule has 9 heteroatoms. The lowest BCUT2D eigenvalue weighted by Gasteiger charge is -2.32. The van der Waals surface area contributed by atoms with Crippen molar-refractivity contribution in [3.8, 4) is 0 Å². The first-order chi connectivity index (χ1) is 15.0. The molecule has 8 nitrogen and oxygen atoms in total. The number of aliphatic hydroxyl groups excluding tert-OH is 1. The molecule has 0 aliphatic heterocycles. The van der Waals surface area contributed by atoms with Gasteiger partial charge in [0.25, 0.3) is 0 Å². The lowest BCUT2D eigenvalue weighted by Crippen LogP contribution is -2.57. The van der Waals surface area contributed by atoms with Crippen LogP contribution in [0.15, 0.2) is 60.7 Å². The van der Waals surface area contributed by atoms with Gasteiger partial charge in [0.15, 0.2) is 6.04 Å². The van der Waals surface area contributed by atoms with Crippen LogP contribution < -0.4 is 5.23 Å². The number of carbonyl (C=O) groups excluding carboxylic acids is 2. The maximum absolute atomic E-state index is 13.4. The molecular formula is C22H29BN2O6. The molecule has 166 valence electrons. The Labute approximate surface area is 182 Å². The lowest BCUT2D eigenvalue weighted by atomic mass is 9.87. The summed E-state index contributed by atoms with van der Waals surface area (Å²) in [7, 11) is 0.212. The number of benzene rings is 2. The Morgan fingerprint density at radius 3 is 2.16 bits per heavy atom. The van der Waals surface area contributed by atoms with Crippen LogP contribution in [0.2, 0.25) is 6.82 Å². The van der Waals surface area contributed by atoms with Gasteiger partial charge in [-0.2, -0.15) is 0 Å². The summed E-state index contributed by atoms with van der Waals surface area (Å²) < 4.78 is 10.5. The first kappa shape index (κ1) is 24.6. The Bertz CT molecular complexity index is 806. The smallest absolute Gasteiger partial charge is 0.374 e. The molecule has 31 heavy (non-hydrogen) atoms. The normalized spacial score (nSPS) is 12.6. The van der Waals surface area contributed by atoms with Crippen LogP contribution in [0.5, 0.6) is 0 Å². The minimum absolute atomic E-state index is 0.0385. The molecule has 2 aromatic rings. The van der Waals surface area contributed by atoms with Gasteiger partial charge in [-0.05, 0) is 17.9 Å². The highest BCUT2D eigenvalue weighted by Crippen LogP contribution is 2.13. The van der Waals surface area contributed by atoms with Gasteiger partial charge in [0.2, 0.25) is 5.91 Å². The molecule has 0 heterocycles. The van der Waals surface area contributed by atoms with Crippen LogP contribution in [0.25, 0.3) is 0 Å². The molecular weight excluding hydrogens is 399 g/mol. The maximum Gasteiger partial charge on any atom is 0.374 e. The summed E-state index contributed by atoms with van der Waals surface area (Å²) in [6.07, 6.45) is 0. The summed E-state index contributed by atoms with van der Waals surface area (Å²) in [5.41, 5.74) is 1.72. The molecule has 2 rings (SSSR count). The van der Waals surface area contributed by atoms with E-state index in [1.54, 1.807) is 0 Å². The second kappa shape index (κ2) is 12.9. The second-order valence-electron chi connectivity index (χ2n) is 7.07. The molecule has 2 aromatic carbocycles. The van der Waals surface area contributed by atoms with Gasteiger partial charge in [0.05, 0.1) is 26.9 Å². The van der Waals surface area contributed by atoms with Crippen molar-refractivity contribution in [2.45, 2.75) is 32.1 Å². The molecule has 0 aliphatic rings. The highest BCUT2D eigenvalue weighted by Gasteiger charge is 2.35. The van der Waals surface area contributed by atoms with Crippen LogP contribution in [0.1, 0.15) is 11.1 Å². The number of carbonyl (C=O) groups is 2. The van der Waals surface area contributed by atoms with Gasteiger partial charge >= 0.3 is 13.0 Å². The molecule has 3 N–H and O–H groups in total. The van der Waals surface area contributed by atoms with E-state index < -0.39 is 37.6 Å². The predicted molar refractivity (Wildman–Crippen MR) is 117 cm³/mol. The summed E-state index contributed by atoms with van der Waals surface area (Å²) in [4.78, 5) is 26.9. The van der Waals surface area contributed by atoms with Gasteiger partial charge < -0.3 is 29.7 Å². The first-order valence-electron chi connectivity index (χ1n) is 10.0. The fourth-order valence-electron chi connectivity index (χ4n) is 3.11. The summed E-state index contributed by atoms with van der Waals surface area (Å²) in [6.45, 7) is 1.21. The van der Waals surface area contributed by atoms with E-state index in [0.29, 0.717) is 0 Å². The van der Waals surface area contributed by atoms with Gasteiger partial charge in [0, 0.05) is 6.54 Å². The Balaban J connectivity index is 2.21.